The summed E-state index contributed by atoms with van der Waals surface area (Å²) >= 11 is 0. The molecule has 17 heavy (non-hydrogen) atoms. The second-order valence-electron chi connectivity index (χ2n) is 4.81. The van der Waals surface area contributed by atoms with Crippen molar-refractivity contribution in [2.75, 3.05) is 0 Å². The van der Waals surface area contributed by atoms with E-state index in [-0.39, 0.29) is 0 Å². The number of hydrogen-bond acceptors (Lipinski definition) is 1. The van der Waals surface area contributed by atoms with E-state index in [0.717, 1.165) is 11.6 Å². The molecule has 0 saturated heterocycles. The number of allylic oxidation sites excluding steroid dienone is 6. The lowest BCUT2D eigenvalue weighted by molar-refractivity contribution is 0.361. The van der Waals surface area contributed by atoms with Gasteiger partial charge in [0.1, 0.15) is 0 Å². The van der Waals surface area contributed by atoms with E-state index in [2.05, 4.69) is 29.8 Å². The molecule has 0 radical (unpaired) electrons. The minimum Gasteiger partial charge on any atom is -0.257 e. The third-order valence-corrected chi connectivity index (χ3v) is 3.56. The van der Waals surface area contributed by atoms with Gasteiger partial charge in [0.25, 0.3) is 0 Å². The average Bonchev–Trinajstić information content (AvgIpc) is 2.39. The van der Waals surface area contributed by atoms with E-state index >= 15 is 0 Å². The molecule has 0 aromatic heterocycles. The first kappa shape index (κ1) is 12.1. The topological polar surface area (TPSA) is 12.4 Å². The van der Waals surface area contributed by atoms with Crippen molar-refractivity contribution < 1.29 is 0 Å². The summed E-state index contributed by atoms with van der Waals surface area (Å²) < 4.78 is 0. The van der Waals surface area contributed by atoms with Crippen LogP contribution >= 0.6 is 0 Å². The van der Waals surface area contributed by atoms with Gasteiger partial charge < -0.3 is 0 Å². The van der Waals surface area contributed by atoms with Crippen molar-refractivity contribution in [3.63, 3.8) is 0 Å². The third kappa shape index (κ3) is 3.55. The van der Waals surface area contributed by atoms with Gasteiger partial charge in [-0.1, -0.05) is 63.0 Å². The van der Waals surface area contributed by atoms with E-state index in [1.807, 2.05) is 12.2 Å². The predicted octanol–water partition coefficient (Wildman–Crippen LogP) is 4.59. The number of aliphatic imine (C=N–C) groups is 1. The maximum Gasteiger partial charge on any atom is 0.0698 e. The molecule has 1 fully saturated rings. The summed E-state index contributed by atoms with van der Waals surface area (Å²) in [5, 5.41) is 0. The first-order chi connectivity index (χ1) is 8.40. The summed E-state index contributed by atoms with van der Waals surface area (Å²) in [6.45, 7) is 3.67. The van der Waals surface area contributed by atoms with Gasteiger partial charge in [-0.15, -0.1) is 0 Å². The SMILES string of the molecule is C=C/N=C1/C=CC=C/C1=C/CC1CCCCC1. The maximum atomic E-state index is 4.30. The summed E-state index contributed by atoms with van der Waals surface area (Å²) in [4.78, 5) is 4.30. The molecule has 0 bridgehead atoms. The van der Waals surface area contributed by atoms with Gasteiger partial charge in [0.05, 0.1) is 5.71 Å². The van der Waals surface area contributed by atoms with Gasteiger partial charge in [-0.3, -0.25) is 4.99 Å². The van der Waals surface area contributed by atoms with Crippen LogP contribution in [0.5, 0.6) is 0 Å². The Bertz CT molecular complexity index is 376. The Morgan fingerprint density at radius 2 is 1.94 bits per heavy atom. The monoisotopic (exact) mass is 227 g/mol. The molecule has 0 amide bonds. The first-order valence-electron chi connectivity index (χ1n) is 6.64. The molecule has 0 aromatic carbocycles. The molecular formula is C16H21N. The zero-order valence-electron chi connectivity index (χ0n) is 10.4. The van der Waals surface area contributed by atoms with Crippen LogP contribution in [0, 0.1) is 5.92 Å². The number of nitrogens with zero attached hydrogens (tertiary/aromatic N) is 1. The lowest BCUT2D eigenvalue weighted by atomic mass is 9.86. The Hall–Kier alpha value is -1.37. The van der Waals surface area contributed by atoms with E-state index < -0.39 is 0 Å². The largest absolute Gasteiger partial charge is 0.257 e. The van der Waals surface area contributed by atoms with E-state index in [4.69, 9.17) is 0 Å². The van der Waals surface area contributed by atoms with Crippen molar-refractivity contribution in [1.82, 2.24) is 0 Å². The van der Waals surface area contributed by atoms with Gasteiger partial charge in [0.2, 0.25) is 0 Å². The zero-order valence-corrected chi connectivity index (χ0v) is 10.4. The van der Waals surface area contributed by atoms with Crippen molar-refractivity contribution in [3.8, 4) is 0 Å². The van der Waals surface area contributed by atoms with Crippen LogP contribution in [-0.2, 0) is 0 Å². The standard InChI is InChI=1S/C16H21N/c1-2-17-16-11-7-6-10-15(16)13-12-14-8-4-3-5-9-14/h2,6-7,10-11,13-14H,1,3-5,8-9,12H2/b15-13-,17-16-. The Morgan fingerprint density at radius 1 is 1.18 bits per heavy atom. The van der Waals surface area contributed by atoms with Crippen molar-refractivity contribution in [2.45, 2.75) is 38.5 Å². The molecule has 1 heteroatoms. The first-order valence-corrected chi connectivity index (χ1v) is 6.64. The quantitative estimate of drug-likeness (QED) is 0.668. The van der Waals surface area contributed by atoms with Crippen LogP contribution < -0.4 is 0 Å². The highest BCUT2D eigenvalue weighted by Gasteiger charge is 2.12. The molecule has 2 aliphatic carbocycles. The van der Waals surface area contributed by atoms with Gasteiger partial charge in [-0.2, -0.15) is 0 Å². The molecule has 0 heterocycles. The zero-order chi connectivity index (χ0) is 11.9. The highest BCUT2D eigenvalue weighted by molar-refractivity contribution is 6.11. The molecule has 0 atom stereocenters. The van der Waals surface area contributed by atoms with Gasteiger partial charge in [0.15, 0.2) is 0 Å². The minimum atomic E-state index is 0.889. The Kier molecular flexibility index (Phi) is 4.54. The summed E-state index contributed by atoms with van der Waals surface area (Å²) in [7, 11) is 0. The van der Waals surface area contributed by atoms with Crippen LogP contribution in [0.3, 0.4) is 0 Å². The molecular weight excluding hydrogens is 206 g/mol. The Balaban J connectivity index is 1.99. The molecule has 1 nitrogen and oxygen atoms in total. The molecule has 0 spiro atoms. The molecule has 1 saturated carbocycles. The van der Waals surface area contributed by atoms with Gasteiger partial charge in [-0.05, 0) is 24.0 Å². The Labute approximate surface area is 104 Å². The normalized spacial score (nSPS) is 25.6. The van der Waals surface area contributed by atoms with Crippen LogP contribution in [0.2, 0.25) is 0 Å². The van der Waals surface area contributed by atoms with Crippen molar-refractivity contribution in [2.24, 2.45) is 10.9 Å². The van der Waals surface area contributed by atoms with E-state index in [0.29, 0.717) is 0 Å². The molecule has 0 N–H and O–H groups in total. The lowest BCUT2D eigenvalue weighted by Crippen LogP contribution is -2.06. The van der Waals surface area contributed by atoms with Crippen molar-refractivity contribution in [1.29, 1.82) is 0 Å². The maximum absolute atomic E-state index is 4.30. The predicted molar refractivity (Wildman–Crippen MR) is 75.2 cm³/mol. The van der Waals surface area contributed by atoms with E-state index in [1.165, 1.54) is 44.1 Å². The minimum absolute atomic E-state index is 0.889. The molecule has 0 aromatic rings. The average molecular weight is 227 g/mol. The summed E-state index contributed by atoms with van der Waals surface area (Å²) in [6.07, 6.45) is 20.5. The van der Waals surface area contributed by atoms with Crippen LogP contribution in [0.25, 0.3) is 0 Å². The summed E-state index contributed by atoms with van der Waals surface area (Å²) in [6, 6.07) is 0. The van der Waals surface area contributed by atoms with Crippen molar-refractivity contribution in [3.05, 3.63) is 48.7 Å². The van der Waals surface area contributed by atoms with Crippen LogP contribution in [0.1, 0.15) is 38.5 Å². The van der Waals surface area contributed by atoms with Crippen LogP contribution in [0.4, 0.5) is 0 Å². The highest BCUT2D eigenvalue weighted by atomic mass is 14.7. The highest BCUT2D eigenvalue weighted by Crippen LogP contribution is 2.27. The summed E-state index contributed by atoms with van der Waals surface area (Å²) in [5.74, 6) is 0.889. The van der Waals surface area contributed by atoms with E-state index in [1.54, 1.807) is 6.20 Å². The Morgan fingerprint density at radius 3 is 2.71 bits per heavy atom. The fourth-order valence-electron chi connectivity index (χ4n) is 2.59. The second kappa shape index (κ2) is 6.39. The number of hydrogen-bond donors (Lipinski definition) is 0. The van der Waals surface area contributed by atoms with Gasteiger partial charge in [-0.25, -0.2) is 0 Å². The molecule has 0 unspecified atom stereocenters. The smallest absolute Gasteiger partial charge is 0.0698 e. The molecule has 2 aliphatic rings. The fraction of sp³-hybridized carbons (Fsp3) is 0.438. The fourth-order valence-corrected chi connectivity index (χ4v) is 2.59. The molecule has 2 rings (SSSR count). The third-order valence-electron chi connectivity index (χ3n) is 3.56. The van der Waals surface area contributed by atoms with E-state index in [9.17, 15) is 0 Å². The second-order valence-corrected chi connectivity index (χ2v) is 4.81. The van der Waals surface area contributed by atoms with Gasteiger partial charge in [0, 0.05) is 6.20 Å². The lowest BCUT2D eigenvalue weighted by Gasteiger charge is -2.20. The molecule has 0 aliphatic heterocycles. The van der Waals surface area contributed by atoms with Gasteiger partial charge >= 0.3 is 0 Å². The summed E-state index contributed by atoms with van der Waals surface area (Å²) in [5.41, 5.74) is 2.29. The number of rotatable bonds is 3. The molecule has 90 valence electrons. The van der Waals surface area contributed by atoms with Crippen LogP contribution in [-0.4, -0.2) is 5.71 Å². The van der Waals surface area contributed by atoms with Crippen molar-refractivity contribution >= 4 is 5.71 Å². The van der Waals surface area contributed by atoms with Crippen LogP contribution in [0.15, 0.2) is 53.7 Å².